The van der Waals surface area contributed by atoms with Crippen LogP contribution in [0, 0.1) is 0 Å². The molecule has 2 unspecified atom stereocenters. The number of sulfone groups is 1. The molecule has 0 spiro atoms. The summed E-state index contributed by atoms with van der Waals surface area (Å²) in [7, 11) is 5.98. The van der Waals surface area contributed by atoms with E-state index in [2.05, 4.69) is 20.5 Å². The first kappa shape index (κ1) is 21.3. The molecule has 9 heteroatoms. The van der Waals surface area contributed by atoms with Crippen LogP contribution in [0.3, 0.4) is 0 Å². The molecule has 2 N–H and O–H groups in total. The number of nitrogens with zero attached hydrogens (tertiary/aromatic N) is 2. The van der Waals surface area contributed by atoms with Crippen molar-refractivity contribution in [3.63, 3.8) is 0 Å². The highest BCUT2D eigenvalue weighted by Crippen LogP contribution is 2.31. The predicted molar refractivity (Wildman–Crippen MR) is 108 cm³/mol. The highest BCUT2D eigenvalue weighted by molar-refractivity contribution is 7.91. The minimum atomic E-state index is -2.93. The van der Waals surface area contributed by atoms with E-state index in [0.717, 1.165) is 5.56 Å². The summed E-state index contributed by atoms with van der Waals surface area (Å²) >= 11 is 0. The van der Waals surface area contributed by atoms with Gasteiger partial charge in [-0.15, -0.1) is 0 Å². The van der Waals surface area contributed by atoms with E-state index < -0.39 is 9.84 Å². The third-order valence-corrected chi connectivity index (χ3v) is 6.44. The van der Waals surface area contributed by atoms with Gasteiger partial charge in [-0.25, -0.2) is 8.42 Å². The number of likely N-dealkylation sites (N-methyl/N-ethyl adjacent to an activating group) is 1. The van der Waals surface area contributed by atoms with Crippen LogP contribution in [0.4, 0.5) is 0 Å². The van der Waals surface area contributed by atoms with Gasteiger partial charge in [-0.1, -0.05) is 6.07 Å². The van der Waals surface area contributed by atoms with Crippen molar-refractivity contribution in [2.75, 3.05) is 53.4 Å². The standard InChI is InChI=1S/C18H30N4O4S/c1-19-18(21-14-8-9-27(23,24)12-14)20-11-15(22(2)3)13-6-7-16(25-4)17(10-13)26-5/h6-7,10,14-15H,8-9,11-12H2,1-5H3,(H2,19,20,21). The van der Waals surface area contributed by atoms with Crippen LogP contribution in [0.1, 0.15) is 18.0 Å². The predicted octanol–water partition coefficient (Wildman–Crippen LogP) is 0.659. The van der Waals surface area contributed by atoms with E-state index in [0.29, 0.717) is 30.4 Å². The minimum Gasteiger partial charge on any atom is -0.493 e. The van der Waals surface area contributed by atoms with Gasteiger partial charge in [0.15, 0.2) is 27.3 Å². The lowest BCUT2D eigenvalue weighted by Gasteiger charge is -2.27. The fraction of sp³-hybridized carbons (Fsp3) is 0.611. The average molecular weight is 399 g/mol. The number of benzene rings is 1. The molecule has 0 amide bonds. The third-order valence-electron chi connectivity index (χ3n) is 4.68. The summed E-state index contributed by atoms with van der Waals surface area (Å²) in [5.41, 5.74) is 1.07. The van der Waals surface area contributed by atoms with Gasteiger partial charge >= 0.3 is 0 Å². The highest BCUT2D eigenvalue weighted by Gasteiger charge is 2.28. The van der Waals surface area contributed by atoms with Gasteiger partial charge in [-0.05, 0) is 38.2 Å². The van der Waals surface area contributed by atoms with E-state index in [1.54, 1.807) is 21.3 Å². The molecule has 1 saturated heterocycles. The van der Waals surface area contributed by atoms with Crippen molar-refractivity contribution in [3.05, 3.63) is 23.8 Å². The lowest BCUT2D eigenvalue weighted by atomic mass is 10.1. The molecular formula is C18H30N4O4S. The van der Waals surface area contributed by atoms with Crippen LogP contribution in [0.5, 0.6) is 11.5 Å². The molecule has 1 aromatic carbocycles. The second kappa shape index (κ2) is 9.27. The lowest BCUT2D eigenvalue weighted by Crippen LogP contribution is -2.46. The lowest BCUT2D eigenvalue weighted by molar-refractivity contribution is 0.295. The molecule has 1 aromatic rings. The Labute approximate surface area is 161 Å². The molecule has 1 aliphatic rings. The monoisotopic (exact) mass is 398 g/mol. The van der Waals surface area contributed by atoms with E-state index in [4.69, 9.17) is 9.47 Å². The normalized spacial score (nSPS) is 20.4. The van der Waals surface area contributed by atoms with Gasteiger partial charge in [0.05, 0.1) is 31.8 Å². The van der Waals surface area contributed by atoms with Gasteiger partial charge in [0, 0.05) is 19.6 Å². The van der Waals surface area contributed by atoms with Crippen LogP contribution < -0.4 is 20.1 Å². The maximum Gasteiger partial charge on any atom is 0.191 e. The van der Waals surface area contributed by atoms with Crippen molar-refractivity contribution < 1.29 is 17.9 Å². The first-order valence-electron chi connectivity index (χ1n) is 8.85. The van der Waals surface area contributed by atoms with E-state index >= 15 is 0 Å². The summed E-state index contributed by atoms with van der Waals surface area (Å²) in [5, 5.41) is 6.50. The third kappa shape index (κ3) is 5.74. The van der Waals surface area contributed by atoms with Gasteiger partial charge in [0.25, 0.3) is 0 Å². The van der Waals surface area contributed by atoms with Gasteiger partial charge in [-0.3, -0.25) is 4.99 Å². The molecular weight excluding hydrogens is 368 g/mol. The molecule has 27 heavy (non-hydrogen) atoms. The summed E-state index contributed by atoms with van der Waals surface area (Å²) in [4.78, 5) is 6.32. The Bertz CT molecular complexity index is 765. The fourth-order valence-electron chi connectivity index (χ4n) is 3.15. The SMILES string of the molecule is CN=C(NCC(c1ccc(OC)c(OC)c1)N(C)C)NC1CCS(=O)(=O)C1. The minimum absolute atomic E-state index is 0.0654. The zero-order valence-corrected chi connectivity index (χ0v) is 17.5. The molecule has 2 atom stereocenters. The van der Waals surface area contributed by atoms with Crippen molar-refractivity contribution in [2.45, 2.75) is 18.5 Å². The number of rotatable bonds is 7. The largest absolute Gasteiger partial charge is 0.493 e. The average Bonchev–Trinajstić information content (AvgIpc) is 2.98. The molecule has 0 radical (unpaired) electrons. The van der Waals surface area contributed by atoms with Gasteiger partial charge in [0.1, 0.15) is 0 Å². The first-order chi connectivity index (χ1) is 12.8. The van der Waals surface area contributed by atoms with E-state index in [9.17, 15) is 8.42 Å². The smallest absolute Gasteiger partial charge is 0.191 e. The van der Waals surface area contributed by atoms with E-state index in [1.165, 1.54) is 0 Å². The Hall–Kier alpha value is -2.00. The molecule has 1 heterocycles. The molecule has 0 bridgehead atoms. The van der Waals surface area contributed by atoms with Crippen LogP contribution >= 0.6 is 0 Å². The van der Waals surface area contributed by atoms with Crippen molar-refractivity contribution in [3.8, 4) is 11.5 Å². The zero-order chi connectivity index (χ0) is 20.0. The summed E-state index contributed by atoms with van der Waals surface area (Å²) in [6, 6.07) is 5.83. The van der Waals surface area contributed by atoms with E-state index in [-0.39, 0.29) is 23.6 Å². The molecule has 1 aliphatic heterocycles. The highest BCUT2D eigenvalue weighted by atomic mass is 32.2. The Balaban J connectivity index is 2.05. The molecule has 0 saturated carbocycles. The number of ether oxygens (including phenoxy) is 2. The topological polar surface area (TPSA) is 92.3 Å². The molecule has 2 rings (SSSR count). The summed E-state index contributed by atoms with van der Waals surface area (Å²) in [5.74, 6) is 2.35. The molecule has 8 nitrogen and oxygen atoms in total. The van der Waals surface area contributed by atoms with Gasteiger partial charge in [0.2, 0.25) is 0 Å². The van der Waals surface area contributed by atoms with Crippen molar-refractivity contribution in [2.24, 2.45) is 4.99 Å². The Morgan fingerprint density at radius 2 is 2.00 bits per heavy atom. The molecule has 0 aromatic heterocycles. The van der Waals surface area contributed by atoms with Gasteiger partial charge < -0.3 is 25.0 Å². The molecule has 1 fully saturated rings. The van der Waals surface area contributed by atoms with Crippen LogP contribution in [-0.2, 0) is 9.84 Å². The number of methoxy groups -OCH3 is 2. The summed E-state index contributed by atoms with van der Waals surface area (Å²) < 4.78 is 34.0. The van der Waals surface area contributed by atoms with Crippen molar-refractivity contribution >= 4 is 15.8 Å². The summed E-state index contributed by atoms with van der Waals surface area (Å²) in [6.07, 6.45) is 0.607. The Morgan fingerprint density at radius 1 is 1.30 bits per heavy atom. The van der Waals surface area contributed by atoms with Crippen LogP contribution in [-0.4, -0.2) is 78.7 Å². The molecule has 152 valence electrons. The van der Waals surface area contributed by atoms with Crippen molar-refractivity contribution in [1.82, 2.24) is 15.5 Å². The number of hydrogen-bond acceptors (Lipinski definition) is 6. The number of guanidine groups is 1. The number of hydrogen-bond donors (Lipinski definition) is 2. The number of nitrogens with one attached hydrogen (secondary N) is 2. The Kier molecular flexibility index (Phi) is 7.32. The summed E-state index contributed by atoms with van der Waals surface area (Å²) in [6.45, 7) is 0.599. The maximum absolute atomic E-state index is 11.6. The zero-order valence-electron chi connectivity index (χ0n) is 16.7. The van der Waals surface area contributed by atoms with Gasteiger partial charge in [-0.2, -0.15) is 0 Å². The Morgan fingerprint density at radius 3 is 2.52 bits per heavy atom. The van der Waals surface area contributed by atoms with E-state index in [1.807, 2.05) is 32.3 Å². The van der Waals surface area contributed by atoms with Crippen LogP contribution in [0.2, 0.25) is 0 Å². The van der Waals surface area contributed by atoms with Crippen molar-refractivity contribution in [1.29, 1.82) is 0 Å². The second-order valence-electron chi connectivity index (χ2n) is 6.79. The second-order valence-corrected chi connectivity index (χ2v) is 9.02. The molecule has 0 aliphatic carbocycles. The maximum atomic E-state index is 11.6. The van der Waals surface area contributed by atoms with Crippen LogP contribution in [0.15, 0.2) is 23.2 Å². The van der Waals surface area contributed by atoms with Crippen LogP contribution in [0.25, 0.3) is 0 Å². The number of aliphatic imine (C=N–C) groups is 1. The first-order valence-corrected chi connectivity index (χ1v) is 10.7. The fourth-order valence-corrected chi connectivity index (χ4v) is 4.82. The quantitative estimate of drug-likeness (QED) is 0.515.